The highest BCUT2D eigenvalue weighted by Crippen LogP contribution is 2.46. The third-order valence-electron chi connectivity index (χ3n) is 5.00. The molecule has 4 nitrogen and oxygen atoms in total. The number of aliphatic hydroxyl groups is 1. The molecule has 2 aliphatic carbocycles. The molecule has 106 valence electrons. The Morgan fingerprint density at radius 1 is 1.32 bits per heavy atom. The van der Waals surface area contributed by atoms with Crippen LogP contribution < -0.4 is 5.73 Å². The first-order chi connectivity index (χ1) is 9.27. The van der Waals surface area contributed by atoms with Crippen molar-refractivity contribution in [3.8, 4) is 0 Å². The zero-order chi connectivity index (χ0) is 13.3. The van der Waals surface area contributed by atoms with Gasteiger partial charge in [-0.3, -0.25) is 0 Å². The molecule has 0 spiro atoms. The third kappa shape index (κ3) is 2.43. The van der Waals surface area contributed by atoms with Crippen LogP contribution in [0.4, 0.5) is 0 Å². The average Bonchev–Trinajstić information content (AvgIpc) is 3.21. The second-order valence-electron chi connectivity index (χ2n) is 6.34. The van der Waals surface area contributed by atoms with E-state index in [1.807, 2.05) is 12.5 Å². The molecule has 3 N–H and O–H groups in total. The zero-order valence-corrected chi connectivity index (χ0v) is 11.6. The van der Waals surface area contributed by atoms with E-state index in [9.17, 15) is 5.11 Å². The van der Waals surface area contributed by atoms with Gasteiger partial charge in [-0.15, -0.1) is 0 Å². The number of nitrogens with two attached hydrogens (primary N) is 1. The molecule has 0 bridgehead atoms. The predicted molar refractivity (Wildman–Crippen MR) is 74.6 cm³/mol. The van der Waals surface area contributed by atoms with Crippen LogP contribution in [-0.4, -0.2) is 21.2 Å². The van der Waals surface area contributed by atoms with Crippen LogP contribution in [0, 0.1) is 5.41 Å². The summed E-state index contributed by atoms with van der Waals surface area (Å²) in [4.78, 5) is 4.25. The van der Waals surface area contributed by atoms with Crippen molar-refractivity contribution >= 4 is 0 Å². The lowest BCUT2D eigenvalue weighted by molar-refractivity contribution is 0.0109. The molecule has 0 aliphatic heterocycles. The Kier molecular flexibility index (Phi) is 3.63. The van der Waals surface area contributed by atoms with Crippen LogP contribution in [0.1, 0.15) is 69.2 Å². The van der Waals surface area contributed by atoms with E-state index < -0.39 is 6.10 Å². The Morgan fingerprint density at radius 3 is 2.58 bits per heavy atom. The van der Waals surface area contributed by atoms with Gasteiger partial charge < -0.3 is 15.4 Å². The van der Waals surface area contributed by atoms with Gasteiger partial charge in [0.1, 0.15) is 6.10 Å². The molecule has 1 heterocycles. The first kappa shape index (κ1) is 13.1. The SMILES string of the molecule is NCC1(C(O)c2cncn2C2CC2)CCCCCC1. The second kappa shape index (κ2) is 5.25. The van der Waals surface area contributed by atoms with Crippen LogP contribution >= 0.6 is 0 Å². The van der Waals surface area contributed by atoms with Crippen LogP contribution in [0.5, 0.6) is 0 Å². The third-order valence-corrected chi connectivity index (χ3v) is 5.00. The minimum atomic E-state index is -0.460. The maximum absolute atomic E-state index is 10.9. The minimum absolute atomic E-state index is 0.136. The van der Waals surface area contributed by atoms with Crippen molar-refractivity contribution < 1.29 is 5.11 Å². The van der Waals surface area contributed by atoms with Crippen molar-refractivity contribution in [1.29, 1.82) is 0 Å². The molecular weight excluding hydrogens is 238 g/mol. The van der Waals surface area contributed by atoms with Crippen LogP contribution in [0.2, 0.25) is 0 Å². The van der Waals surface area contributed by atoms with Gasteiger partial charge in [0.2, 0.25) is 0 Å². The summed E-state index contributed by atoms with van der Waals surface area (Å²) in [5.74, 6) is 0. The quantitative estimate of drug-likeness (QED) is 0.821. The summed E-state index contributed by atoms with van der Waals surface area (Å²) in [6.45, 7) is 0.573. The van der Waals surface area contributed by atoms with Crippen LogP contribution in [0.25, 0.3) is 0 Å². The Morgan fingerprint density at radius 2 is 2.00 bits per heavy atom. The van der Waals surface area contributed by atoms with Crippen LogP contribution in [0.15, 0.2) is 12.5 Å². The fourth-order valence-corrected chi connectivity index (χ4v) is 3.52. The van der Waals surface area contributed by atoms with Crippen molar-refractivity contribution in [3.63, 3.8) is 0 Å². The second-order valence-corrected chi connectivity index (χ2v) is 6.34. The molecule has 3 rings (SSSR count). The number of hydrogen-bond acceptors (Lipinski definition) is 3. The summed E-state index contributed by atoms with van der Waals surface area (Å²) in [5.41, 5.74) is 6.91. The number of aromatic nitrogens is 2. The molecule has 4 heteroatoms. The van der Waals surface area contributed by atoms with Gasteiger partial charge in [-0.2, -0.15) is 0 Å². The van der Waals surface area contributed by atoms with E-state index in [-0.39, 0.29) is 5.41 Å². The van der Waals surface area contributed by atoms with Gasteiger partial charge in [0.15, 0.2) is 0 Å². The lowest BCUT2D eigenvalue weighted by atomic mass is 9.74. The number of nitrogens with zero attached hydrogens (tertiary/aromatic N) is 2. The van der Waals surface area contributed by atoms with E-state index in [4.69, 9.17) is 5.73 Å². The minimum Gasteiger partial charge on any atom is -0.386 e. The standard InChI is InChI=1S/C15H25N3O/c16-10-15(7-3-1-2-4-8-15)14(19)13-9-17-11-18(13)12-5-6-12/h9,11-12,14,19H,1-8,10,16H2. The summed E-state index contributed by atoms with van der Waals surface area (Å²) in [7, 11) is 0. The lowest BCUT2D eigenvalue weighted by Crippen LogP contribution is -2.37. The zero-order valence-electron chi connectivity index (χ0n) is 11.6. The monoisotopic (exact) mass is 263 g/mol. The molecule has 19 heavy (non-hydrogen) atoms. The molecule has 0 radical (unpaired) electrons. The molecule has 1 atom stereocenters. The topological polar surface area (TPSA) is 64.1 Å². The van der Waals surface area contributed by atoms with Gasteiger partial charge in [0.25, 0.3) is 0 Å². The molecule has 2 saturated carbocycles. The Bertz CT molecular complexity index is 417. The highest BCUT2D eigenvalue weighted by atomic mass is 16.3. The fraction of sp³-hybridized carbons (Fsp3) is 0.800. The lowest BCUT2D eigenvalue weighted by Gasteiger charge is -2.36. The van der Waals surface area contributed by atoms with E-state index in [2.05, 4.69) is 9.55 Å². The fourth-order valence-electron chi connectivity index (χ4n) is 3.52. The summed E-state index contributed by atoms with van der Waals surface area (Å²) in [6, 6.07) is 0.563. The van der Waals surface area contributed by atoms with Gasteiger partial charge in [-0.05, 0) is 25.7 Å². The molecule has 0 saturated heterocycles. The summed E-state index contributed by atoms with van der Waals surface area (Å²) < 4.78 is 2.17. The maximum atomic E-state index is 10.9. The van der Waals surface area contributed by atoms with Crippen LogP contribution in [0.3, 0.4) is 0 Å². The van der Waals surface area contributed by atoms with Gasteiger partial charge in [-0.25, -0.2) is 4.98 Å². The molecule has 1 aromatic heterocycles. The number of rotatable bonds is 4. The maximum Gasteiger partial charge on any atom is 0.102 e. The summed E-state index contributed by atoms with van der Waals surface area (Å²) >= 11 is 0. The van der Waals surface area contributed by atoms with Gasteiger partial charge in [-0.1, -0.05) is 25.7 Å². The first-order valence-corrected chi connectivity index (χ1v) is 7.67. The average molecular weight is 263 g/mol. The Balaban J connectivity index is 1.86. The normalized spacial score (nSPS) is 24.9. The molecule has 1 aromatic rings. The molecule has 0 aromatic carbocycles. The van der Waals surface area contributed by atoms with E-state index in [1.54, 1.807) is 0 Å². The van der Waals surface area contributed by atoms with E-state index >= 15 is 0 Å². The van der Waals surface area contributed by atoms with Crippen molar-refractivity contribution in [2.75, 3.05) is 6.54 Å². The number of hydrogen-bond donors (Lipinski definition) is 2. The molecule has 2 aliphatic rings. The molecular formula is C15H25N3O. The predicted octanol–water partition coefficient (Wildman–Crippen LogP) is 2.55. The largest absolute Gasteiger partial charge is 0.386 e. The van der Waals surface area contributed by atoms with Crippen molar-refractivity contribution in [1.82, 2.24) is 9.55 Å². The highest BCUT2D eigenvalue weighted by Gasteiger charge is 2.40. The van der Waals surface area contributed by atoms with Crippen molar-refractivity contribution in [2.45, 2.75) is 63.5 Å². The smallest absolute Gasteiger partial charge is 0.102 e. The first-order valence-electron chi connectivity index (χ1n) is 7.67. The molecule has 2 fully saturated rings. The van der Waals surface area contributed by atoms with Gasteiger partial charge in [0, 0.05) is 18.0 Å². The molecule has 1 unspecified atom stereocenters. The van der Waals surface area contributed by atoms with E-state index in [1.165, 1.54) is 38.5 Å². The Hall–Kier alpha value is -0.870. The van der Waals surface area contributed by atoms with Crippen LogP contribution in [-0.2, 0) is 0 Å². The Labute approximate surface area is 115 Å². The van der Waals surface area contributed by atoms with Gasteiger partial charge >= 0.3 is 0 Å². The van der Waals surface area contributed by atoms with Crippen molar-refractivity contribution in [3.05, 3.63) is 18.2 Å². The van der Waals surface area contributed by atoms with Crippen molar-refractivity contribution in [2.24, 2.45) is 11.1 Å². The summed E-state index contributed by atoms with van der Waals surface area (Å²) in [5, 5.41) is 10.9. The number of aliphatic hydroxyl groups excluding tert-OH is 1. The summed E-state index contributed by atoms with van der Waals surface area (Å²) in [6.07, 6.45) is 12.7. The van der Waals surface area contributed by atoms with E-state index in [0.29, 0.717) is 12.6 Å². The van der Waals surface area contributed by atoms with Gasteiger partial charge in [0.05, 0.1) is 18.2 Å². The molecule has 0 amide bonds. The number of imidazole rings is 1. The highest BCUT2D eigenvalue weighted by molar-refractivity contribution is 5.11. The van der Waals surface area contributed by atoms with E-state index in [0.717, 1.165) is 18.5 Å².